The molecule has 29 heavy (non-hydrogen) atoms. The van der Waals surface area contributed by atoms with Gasteiger partial charge in [-0.25, -0.2) is 4.98 Å². The van der Waals surface area contributed by atoms with Crippen LogP contribution in [0.1, 0.15) is 42.4 Å². The summed E-state index contributed by atoms with van der Waals surface area (Å²) >= 11 is 6.25. The molecule has 5 nitrogen and oxygen atoms in total. The molecule has 6 heteroatoms. The van der Waals surface area contributed by atoms with Crippen molar-refractivity contribution >= 4 is 17.4 Å². The van der Waals surface area contributed by atoms with Crippen LogP contribution in [0.15, 0.2) is 53.5 Å². The van der Waals surface area contributed by atoms with Gasteiger partial charge in [-0.2, -0.15) is 0 Å². The Bertz CT molecular complexity index is 993. The summed E-state index contributed by atoms with van der Waals surface area (Å²) < 4.78 is 2.03. The minimum absolute atomic E-state index is 0.126. The molecule has 2 aromatic carbocycles. The predicted octanol–water partition coefficient (Wildman–Crippen LogP) is 4.42. The van der Waals surface area contributed by atoms with Crippen LogP contribution in [0.2, 0.25) is 5.15 Å². The number of rotatable bonds is 8. The van der Waals surface area contributed by atoms with E-state index >= 15 is 0 Å². The van der Waals surface area contributed by atoms with Crippen molar-refractivity contribution in [2.45, 2.75) is 39.3 Å². The van der Waals surface area contributed by atoms with Crippen molar-refractivity contribution in [2.24, 2.45) is 10.7 Å². The SMILES string of the molecule is CCCCc1nc(Cl)c(CO)n1Cc1ccc(-c2ccccc2C(N)=NC)cc1. The second-order valence-electron chi connectivity index (χ2n) is 6.96. The smallest absolute Gasteiger partial charge is 0.152 e. The van der Waals surface area contributed by atoms with Gasteiger partial charge in [0.2, 0.25) is 0 Å². The molecule has 0 spiro atoms. The van der Waals surface area contributed by atoms with Crippen molar-refractivity contribution in [1.82, 2.24) is 9.55 Å². The largest absolute Gasteiger partial charge is 0.390 e. The first-order valence-corrected chi connectivity index (χ1v) is 10.2. The molecule has 0 saturated heterocycles. The van der Waals surface area contributed by atoms with Crippen LogP contribution in [0, 0.1) is 0 Å². The molecule has 0 aliphatic rings. The summed E-state index contributed by atoms with van der Waals surface area (Å²) in [7, 11) is 1.69. The van der Waals surface area contributed by atoms with Gasteiger partial charge in [0.1, 0.15) is 11.7 Å². The van der Waals surface area contributed by atoms with E-state index in [1.807, 2.05) is 28.8 Å². The van der Waals surface area contributed by atoms with E-state index < -0.39 is 0 Å². The molecule has 0 unspecified atom stereocenters. The third kappa shape index (κ3) is 4.69. The van der Waals surface area contributed by atoms with Crippen LogP contribution in [0.4, 0.5) is 0 Å². The molecular formula is C23H27ClN4O. The Kier molecular flexibility index (Phi) is 7.07. The van der Waals surface area contributed by atoms with Crippen LogP contribution in [0.5, 0.6) is 0 Å². The quantitative estimate of drug-likeness (QED) is 0.426. The van der Waals surface area contributed by atoms with E-state index in [4.69, 9.17) is 17.3 Å². The van der Waals surface area contributed by atoms with Crippen molar-refractivity contribution in [3.05, 3.63) is 76.3 Å². The highest BCUT2D eigenvalue weighted by Crippen LogP contribution is 2.25. The van der Waals surface area contributed by atoms with Crippen molar-refractivity contribution in [1.29, 1.82) is 0 Å². The van der Waals surface area contributed by atoms with Crippen LogP contribution in [-0.4, -0.2) is 27.5 Å². The molecule has 0 saturated carbocycles. The number of nitrogens with two attached hydrogens (primary N) is 1. The molecular weight excluding hydrogens is 384 g/mol. The Labute approximate surface area is 176 Å². The molecule has 0 bridgehead atoms. The van der Waals surface area contributed by atoms with Gasteiger partial charge >= 0.3 is 0 Å². The molecule has 3 aromatic rings. The van der Waals surface area contributed by atoms with Gasteiger partial charge < -0.3 is 15.4 Å². The van der Waals surface area contributed by atoms with E-state index in [1.54, 1.807) is 7.05 Å². The Hall–Kier alpha value is -2.63. The van der Waals surface area contributed by atoms with Gasteiger partial charge in [-0.05, 0) is 23.1 Å². The Morgan fingerprint density at radius 1 is 1.17 bits per heavy atom. The van der Waals surface area contributed by atoms with Gasteiger partial charge in [-0.1, -0.05) is 73.5 Å². The van der Waals surface area contributed by atoms with E-state index in [9.17, 15) is 5.11 Å². The zero-order valence-electron chi connectivity index (χ0n) is 16.9. The lowest BCUT2D eigenvalue weighted by Gasteiger charge is -2.13. The number of nitrogens with zero attached hydrogens (tertiary/aromatic N) is 3. The Balaban J connectivity index is 1.90. The number of amidine groups is 1. The number of aliphatic imine (C=N–C) groups is 1. The first-order valence-electron chi connectivity index (χ1n) is 9.84. The topological polar surface area (TPSA) is 76.4 Å². The normalized spacial score (nSPS) is 11.8. The number of imidazole rings is 1. The maximum atomic E-state index is 9.75. The van der Waals surface area contributed by atoms with Crippen LogP contribution >= 0.6 is 11.6 Å². The number of aliphatic hydroxyl groups is 1. The number of unbranched alkanes of at least 4 members (excludes halogenated alkanes) is 1. The molecule has 0 amide bonds. The van der Waals surface area contributed by atoms with E-state index in [0.29, 0.717) is 23.2 Å². The van der Waals surface area contributed by atoms with Crippen molar-refractivity contribution in [3.63, 3.8) is 0 Å². The summed E-state index contributed by atoms with van der Waals surface area (Å²) in [4.78, 5) is 8.58. The molecule has 3 rings (SSSR count). The maximum Gasteiger partial charge on any atom is 0.152 e. The molecule has 0 aliphatic heterocycles. The fraction of sp³-hybridized carbons (Fsp3) is 0.304. The standard InChI is InChI=1S/C23H27ClN4O/c1-3-4-9-21-27-22(24)20(15-29)28(21)14-16-10-12-17(13-11-16)18-7-5-6-8-19(18)23(25)26-2/h5-8,10-13,29H,3-4,9,14-15H2,1-2H3,(H2,25,26). The van der Waals surface area contributed by atoms with Gasteiger partial charge in [-0.15, -0.1) is 0 Å². The number of aryl methyl sites for hydroxylation is 1. The minimum atomic E-state index is -0.126. The highest BCUT2D eigenvalue weighted by Gasteiger charge is 2.15. The summed E-state index contributed by atoms with van der Waals surface area (Å²) in [5.74, 6) is 1.44. The summed E-state index contributed by atoms with van der Waals surface area (Å²) in [5, 5.41) is 10.1. The van der Waals surface area contributed by atoms with Crippen LogP contribution in [-0.2, 0) is 19.6 Å². The van der Waals surface area contributed by atoms with Gasteiger partial charge in [-0.3, -0.25) is 4.99 Å². The molecule has 0 aliphatic carbocycles. The van der Waals surface area contributed by atoms with Crippen molar-refractivity contribution < 1.29 is 5.11 Å². The zero-order valence-corrected chi connectivity index (χ0v) is 17.7. The second kappa shape index (κ2) is 9.72. The van der Waals surface area contributed by atoms with Gasteiger partial charge in [0.05, 0.1) is 12.3 Å². The van der Waals surface area contributed by atoms with Crippen molar-refractivity contribution in [3.8, 4) is 11.1 Å². The summed E-state index contributed by atoms with van der Waals surface area (Å²) in [6.07, 6.45) is 2.96. The lowest BCUT2D eigenvalue weighted by atomic mass is 9.98. The number of hydrogen-bond acceptors (Lipinski definition) is 3. The number of benzene rings is 2. The van der Waals surface area contributed by atoms with E-state index in [-0.39, 0.29) is 6.61 Å². The van der Waals surface area contributed by atoms with E-state index in [0.717, 1.165) is 47.3 Å². The lowest BCUT2D eigenvalue weighted by Crippen LogP contribution is -2.14. The Morgan fingerprint density at radius 2 is 1.90 bits per heavy atom. The third-order valence-electron chi connectivity index (χ3n) is 5.06. The van der Waals surface area contributed by atoms with Crippen LogP contribution < -0.4 is 5.73 Å². The molecule has 0 atom stereocenters. The average Bonchev–Trinajstić information content (AvgIpc) is 3.06. The summed E-state index contributed by atoms with van der Waals surface area (Å²) in [6.45, 7) is 2.64. The highest BCUT2D eigenvalue weighted by molar-refractivity contribution is 6.30. The molecule has 1 heterocycles. The fourth-order valence-corrected chi connectivity index (χ4v) is 3.68. The number of aromatic nitrogens is 2. The maximum absolute atomic E-state index is 9.75. The lowest BCUT2D eigenvalue weighted by molar-refractivity contribution is 0.271. The number of aliphatic hydroxyl groups excluding tert-OH is 1. The monoisotopic (exact) mass is 410 g/mol. The molecule has 3 N–H and O–H groups in total. The van der Waals surface area contributed by atoms with E-state index in [1.165, 1.54) is 0 Å². The Morgan fingerprint density at radius 3 is 2.55 bits per heavy atom. The first kappa shape index (κ1) is 21.1. The summed E-state index contributed by atoms with van der Waals surface area (Å²) in [6, 6.07) is 16.3. The summed E-state index contributed by atoms with van der Waals surface area (Å²) in [5.41, 5.74) is 10.9. The van der Waals surface area contributed by atoms with Crippen molar-refractivity contribution in [2.75, 3.05) is 7.05 Å². The van der Waals surface area contributed by atoms with Gasteiger partial charge in [0, 0.05) is 25.6 Å². The molecule has 0 radical (unpaired) electrons. The average molecular weight is 411 g/mol. The van der Waals surface area contributed by atoms with Crippen LogP contribution in [0.25, 0.3) is 11.1 Å². The highest BCUT2D eigenvalue weighted by atomic mass is 35.5. The van der Waals surface area contributed by atoms with E-state index in [2.05, 4.69) is 41.2 Å². The molecule has 0 fully saturated rings. The molecule has 152 valence electrons. The fourth-order valence-electron chi connectivity index (χ4n) is 3.42. The number of halogens is 1. The molecule has 1 aromatic heterocycles. The predicted molar refractivity (Wildman–Crippen MR) is 119 cm³/mol. The minimum Gasteiger partial charge on any atom is -0.390 e. The number of hydrogen-bond donors (Lipinski definition) is 2. The second-order valence-corrected chi connectivity index (χ2v) is 7.32. The van der Waals surface area contributed by atoms with Crippen LogP contribution in [0.3, 0.4) is 0 Å². The van der Waals surface area contributed by atoms with Gasteiger partial charge in [0.15, 0.2) is 5.15 Å². The first-order chi connectivity index (χ1) is 14.1. The zero-order chi connectivity index (χ0) is 20.8. The van der Waals surface area contributed by atoms with Gasteiger partial charge in [0.25, 0.3) is 0 Å². The third-order valence-corrected chi connectivity index (χ3v) is 5.36.